The van der Waals surface area contributed by atoms with Crippen molar-refractivity contribution in [3.05, 3.63) is 144 Å². The van der Waals surface area contributed by atoms with Gasteiger partial charge in [-0.1, -0.05) is 81.9 Å². The van der Waals surface area contributed by atoms with Crippen LogP contribution in [0.25, 0.3) is 67.0 Å². The van der Waals surface area contributed by atoms with Crippen molar-refractivity contribution >= 4 is 55.9 Å². The monoisotopic (exact) mass is 610 g/mol. The van der Waals surface area contributed by atoms with E-state index in [1.807, 2.05) is 49.3 Å². The maximum absolute atomic E-state index is 4.77. The quantitative estimate of drug-likeness (QED) is 0.127. The highest BCUT2D eigenvalue weighted by Crippen LogP contribution is 2.33. The molecule has 0 spiro atoms. The Labute approximate surface area is 276 Å². The predicted molar refractivity (Wildman–Crippen MR) is 199 cm³/mol. The molecule has 0 fully saturated rings. The van der Waals surface area contributed by atoms with E-state index in [4.69, 9.17) is 11.6 Å². The Morgan fingerprint density at radius 1 is 0.809 bits per heavy atom. The van der Waals surface area contributed by atoms with Gasteiger partial charge in [-0.2, -0.15) is 0 Å². The van der Waals surface area contributed by atoms with Crippen LogP contribution >= 0.6 is 0 Å². The van der Waals surface area contributed by atoms with Crippen molar-refractivity contribution in [2.24, 2.45) is 5.92 Å². The molecular weight excluding hydrogens is 573 g/mol. The molecule has 4 aromatic heterocycles. The van der Waals surface area contributed by atoms with Gasteiger partial charge in [-0.3, -0.25) is 19.9 Å². The van der Waals surface area contributed by atoms with Crippen LogP contribution in [0.1, 0.15) is 50.7 Å². The lowest BCUT2D eigenvalue weighted by molar-refractivity contribution is 0.775. The third kappa shape index (κ3) is 5.83. The van der Waals surface area contributed by atoms with Crippen LogP contribution in [0.5, 0.6) is 0 Å². The van der Waals surface area contributed by atoms with Crippen molar-refractivity contribution in [1.29, 1.82) is 0 Å². The number of rotatable bonds is 8. The van der Waals surface area contributed by atoms with Gasteiger partial charge in [-0.05, 0) is 110 Å². The van der Waals surface area contributed by atoms with Crippen LogP contribution in [0, 0.1) is 5.92 Å². The van der Waals surface area contributed by atoms with Gasteiger partial charge in [0.2, 0.25) is 0 Å². The lowest BCUT2D eigenvalue weighted by Gasteiger charge is -2.17. The van der Waals surface area contributed by atoms with Gasteiger partial charge >= 0.3 is 0 Å². The van der Waals surface area contributed by atoms with Crippen molar-refractivity contribution in [1.82, 2.24) is 19.9 Å². The van der Waals surface area contributed by atoms with Gasteiger partial charge in [0.1, 0.15) is 0 Å². The lowest BCUT2D eigenvalue weighted by atomic mass is 9.87. The normalized spacial score (nSPS) is 15.4. The number of hydrogen-bond donors (Lipinski definition) is 0. The van der Waals surface area contributed by atoms with Crippen LogP contribution in [0.4, 0.5) is 0 Å². The second-order valence-corrected chi connectivity index (χ2v) is 12.1. The summed E-state index contributed by atoms with van der Waals surface area (Å²) in [4.78, 5) is 18.5. The Bertz CT molecular complexity index is 2350. The second kappa shape index (κ2) is 13.5. The van der Waals surface area contributed by atoms with E-state index in [1.165, 1.54) is 21.7 Å². The fourth-order valence-electron chi connectivity index (χ4n) is 6.71. The van der Waals surface area contributed by atoms with Crippen LogP contribution in [-0.2, 0) is 0 Å². The lowest BCUT2D eigenvalue weighted by Crippen LogP contribution is -2.31. The van der Waals surface area contributed by atoms with Crippen molar-refractivity contribution in [3.8, 4) is 11.1 Å². The Morgan fingerprint density at radius 3 is 2.45 bits per heavy atom. The molecule has 0 saturated carbocycles. The van der Waals surface area contributed by atoms with E-state index in [0.717, 1.165) is 80.4 Å². The summed E-state index contributed by atoms with van der Waals surface area (Å²) in [5.41, 5.74) is 8.39. The molecule has 1 unspecified atom stereocenters. The molecule has 0 radical (unpaired) electrons. The zero-order valence-corrected chi connectivity index (χ0v) is 27.0. The Morgan fingerprint density at radius 2 is 1.62 bits per heavy atom. The first-order chi connectivity index (χ1) is 23.2. The van der Waals surface area contributed by atoms with E-state index < -0.39 is 0 Å². The van der Waals surface area contributed by atoms with Crippen LogP contribution in [0.2, 0.25) is 0 Å². The summed E-state index contributed by atoms with van der Waals surface area (Å²) < 4.78 is 0. The molecule has 0 N–H and O–H groups in total. The minimum atomic E-state index is 0.412. The largest absolute Gasteiger partial charge is 0.265 e. The molecule has 0 bridgehead atoms. The first kappa shape index (κ1) is 30.2. The van der Waals surface area contributed by atoms with E-state index >= 15 is 0 Å². The Kier molecular flexibility index (Phi) is 8.66. The third-order valence-corrected chi connectivity index (χ3v) is 9.11. The first-order valence-electron chi connectivity index (χ1n) is 16.6. The number of nitrogens with zero attached hydrogens (tertiary/aromatic N) is 4. The molecule has 4 nitrogen and oxygen atoms in total. The minimum Gasteiger partial charge on any atom is -0.265 e. The molecule has 0 amide bonds. The molecule has 2 aromatic carbocycles. The first-order valence-corrected chi connectivity index (χ1v) is 16.6. The maximum Gasteiger partial charge on any atom is 0.0970 e. The van der Waals surface area contributed by atoms with Gasteiger partial charge in [0.05, 0.1) is 11.0 Å². The Hall–Kier alpha value is -5.48. The van der Waals surface area contributed by atoms with Crippen LogP contribution < -0.4 is 10.4 Å². The van der Waals surface area contributed by atoms with Crippen LogP contribution in [0.15, 0.2) is 123 Å². The van der Waals surface area contributed by atoms with Crippen LogP contribution in [-0.4, -0.2) is 19.9 Å². The summed E-state index contributed by atoms with van der Waals surface area (Å²) in [7, 11) is 0. The summed E-state index contributed by atoms with van der Waals surface area (Å²) in [6.07, 6.45) is 31.7. The number of hydrogen-bond acceptors (Lipinski definition) is 4. The van der Waals surface area contributed by atoms with Crippen molar-refractivity contribution in [3.63, 3.8) is 0 Å². The maximum atomic E-state index is 4.77. The highest BCUT2D eigenvalue weighted by molar-refractivity contribution is 6.11. The number of fused-ring (bicyclic) bond motifs is 4. The number of aromatic nitrogens is 4. The average molecular weight is 611 g/mol. The van der Waals surface area contributed by atoms with Gasteiger partial charge in [-0.15, -0.1) is 0 Å². The molecule has 1 aliphatic carbocycles. The molecule has 7 rings (SSSR count). The average Bonchev–Trinajstić information content (AvgIpc) is 3.37. The summed E-state index contributed by atoms with van der Waals surface area (Å²) in [5, 5.41) is 6.71. The molecule has 4 heterocycles. The van der Waals surface area contributed by atoms with Gasteiger partial charge in [0, 0.05) is 53.3 Å². The standard InChI is InChI=1S/C43H38N4/c1-4-6-7-14-34-38(26-29(3)37-27-33-13-9-21-46-42(33)43-36(37)15-10-22-47-43)41(32-18-23-44-24-19-32)39-28-45-25-20-35(39)40(34)31-12-8-11-30(5-2)16-17-31/h8-28,30H,3-7H2,1-2H3/b34-14+,38-26+. The highest BCUT2D eigenvalue weighted by atomic mass is 14.7. The third-order valence-electron chi connectivity index (χ3n) is 9.11. The van der Waals surface area contributed by atoms with E-state index in [2.05, 4.69) is 108 Å². The fraction of sp³-hybridized carbons (Fsp3) is 0.163. The topological polar surface area (TPSA) is 51.6 Å². The smallest absolute Gasteiger partial charge is 0.0970 e. The number of pyridine rings is 4. The van der Waals surface area contributed by atoms with Gasteiger partial charge in [0.25, 0.3) is 0 Å². The zero-order chi connectivity index (χ0) is 32.2. The summed E-state index contributed by atoms with van der Waals surface area (Å²) in [6, 6.07) is 16.7. The molecular formula is C43H38N4. The molecule has 47 heavy (non-hydrogen) atoms. The van der Waals surface area contributed by atoms with Crippen molar-refractivity contribution in [2.75, 3.05) is 0 Å². The molecule has 1 atom stereocenters. The SMILES string of the molecule is C=C(/C=c1/c(-c2ccncc2)c2cnccc2c(C2=CC=CC(CC)C=C2)/c1=C/CCCC)c1cc2cccnc2c2ncccc12. The summed E-state index contributed by atoms with van der Waals surface area (Å²) in [5.74, 6) is 0.412. The molecule has 0 aliphatic heterocycles. The van der Waals surface area contributed by atoms with Gasteiger partial charge in [-0.25, -0.2) is 0 Å². The second-order valence-electron chi connectivity index (χ2n) is 12.1. The van der Waals surface area contributed by atoms with E-state index in [1.54, 1.807) is 0 Å². The van der Waals surface area contributed by atoms with E-state index in [9.17, 15) is 0 Å². The highest BCUT2D eigenvalue weighted by Gasteiger charge is 2.17. The number of unbranched alkanes of at least 4 members (excludes halogenated alkanes) is 2. The van der Waals surface area contributed by atoms with E-state index in [-0.39, 0.29) is 0 Å². The molecule has 1 aliphatic rings. The van der Waals surface area contributed by atoms with Crippen LogP contribution in [0.3, 0.4) is 0 Å². The molecule has 4 heteroatoms. The van der Waals surface area contributed by atoms with Crippen molar-refractivity contribution < 1.29 is 0 Å². The number of benzene rings is 2. The molecule has 0 saturated heterocycles. The van der Waals surface area contributed by atoms with E-state index in [0.29, 0.717) is 5.92 Å². The summed E-state index contributed by atoms with van der Waals surface area (Å²) >= 11 is 0. The Balaban J connectivity index is 1.61. The molecule has 6 aromatic rings. The van der Waals surface area contributed by atoms with Gasteiger partial charge < -0.3 is 0 Å². The van der Waals surface area contributed by atoms with Crippen molar-refractivity contribution in [2.45, 2.75) is 39.5 Å². The zero-order valence-electron chi connectivity index (χ0n) is 27.0. The fourth-order valence-corrected chi connectivity index (χ4v) is 6.71. The predicted octanol–water partition coefficient (Wildman–Crippen LogP) is 9.39. The minimum absolute atomic E-state index is 0.412. The molecule has 230 valence electrons. The number of allylic oxidation sites excluding steroid dienone is 7. The van der Waals surface area contributed by atoms with Gasteiger partial charge in [0.15, 0.2) is 0 Å². The summed E-state index contributed by atoms with van der Waals surface area (Å²) in [6.45, 7) is 9.21.